The van der Waals surface area contributed by atoms with Gasteiger partial charge in [-0.15, -0.1) is 11.3 Å². The Labute approximate surface area is 179 Å². The van der Waals surface area contributed by atoms with Crippen molar-refractivity contribution in [2.75, 3.05) is 5.32 Å². The Kier molecular flexibility index (Phi) is 5.95. The van der Waals surface area contributed by atoms with E-state index in [0.29, 0.717) is 18.0 Å². The number of aromatic nitrogens is 2. The van der Waals surface area contributed by atoms with Crippen molar-refractivity contribution in [1.82, 2.24) is 9.78 Å². The molecule has 0 atom stereocenters. The number of nitrogens with one attached hydrogen (secondary N) is 1. The molecule has 0 unspecified atom stereocenters. The van der Waals surface area contributed by atoms with Crippen LogP contribution in [-0.4, -0.2) is 15.7 Å². The summed E-state index contributed by atoms with van der Waals surface area (Å²) in [5, 5.41) is 9.17. The Morgan fingerprint density at radius 2 is 2.00 bits per heavy atom. The van der Waals surface area contributed by atoms with Gasteiger partial charge < -0.3 is 10.1 Å². The van der Waals surface area contributed by atoms with Crippen molar-refractivity contribution in [3.8, 4) is 5.75 Å². The summed E-state index contributed by atoms with van der Waals surface area (Å²) in [4.78, 5) is 13.3. The maximum atomic E-state index is 12.7. The van der Waals surface area contributed by atoms with Crippen molar-refractivity contribution >= 4 is 22.9 Å². The van der Waals surface area contributed by atoms with Gasteiger partial charge in [0.15, 0.2) is 0 Å². The van der Waals surface area contributed by atoms with E-state index in [4.69, 9.17) is 4.74 Å². The van der Waals surface area contributed by atoms with Crippen LogP contribution in [0.15, 0.2) is 72.4 Å². The van der Waals surface area contributed by atoms with E-state index in [1.54, 1.807) is 6.20 Å². The highest BCUT2D eigenvalue weighted by atomic mass is 32.1. The molecule has 0 saturated carbocycles. The number of rotatable bonds is 7. The molecule has 30 heavy (non-hydrogen) atoms. The Hall–Kier alpha value is -3.38. The molecule has 4 rings (SSSR count). The van der Waals surface area contributed by atoms with Gasteiger partial charge in [0, 0.05) is 23.6 Å². The molecular formula is C24H23N3O2S. The second-order valence-corrected chi connectivity index (χ2v) is 8.15. The van der Waals surface area contributed by atoms with E-state index in [9.17, 15) is 4.79 Å². The molecule has 5 nitrogen and oxygen atoms in total. The van der Waals surface area contributed by atoms with Gasteiger partial charge in [0.05, 0.1) is 11.4 Å². The Bertz CT molecular complexity index is 1150. The standard InChI is InChI=1S/C24H23N3O2S/c1-17-7-8-18(2)22(11-17)29-15-20-13-23(30-16-20)24(28)26-21-6-3-5-19(12-21)14-27-10-4-9-25-27/h3-13,16H,14-15H2,1-2H3,(H,26,28). The van der Waals surface area contributed by atoms with Gasteiger partial charge in [-0.25, -0.2) is 0 Å². The summed E-state index contributed by atoms with van der Waals surface area (Å²) in [5.41, 5.74) is 5.09. The van der Waals surface area contributed by atoms with E-state index < -0.39 is 0 Å². The number of thiophene rings is 1. The minimum Gasteiger partial charge on any atom is -0.489 e. The van der Waals surface area contributed by atoms with Gasteiger partial charge in [0.1, 0.15) is 12.4 Å². The molecule has 2 heterocycles. The lowest BCUT2D eigenvalue weighted by molar-refractivity contribution is 0.103. The number of amides is 1. The predicted molar refractivity (Wildman–Crippen MR) is 120 cm³/mol. The number of ether oxygens (including phenoxy) is 1. The van der Waals surface area contributed by atoms with Crippen LogP contribution in [0.2, 0.25) is 0 Å². The van der Waals surface area contributed by atoms with Crippen LogP contribution in [0.25, 0.3) is 0 Å². The summed E-state index contributed by atoms with van der Waals surface area (Å²) in [6, 6.07) is 17.8. The maximum absolute atomic E-state index is 12.7. The van der Waals surface area contributed by atoms with Crippen molar-refractivity contribution in [3.05, 3.63) is 99.5 Å². The fourth-order valence-corrected chi connectivity index (χ4v) is 3.91. The lowest BCUT2D eigenvalue weighted by Crippen LogP contribution is -2.10. The van der Waals surface area contributed by atoms with E-state index in [1.165, 1.54) is 11.3 Å². The number of carbonyl (C=O) groups is 1. The van der Waals surface area contributed by atoms with Gasteiger partial charge in [-0.2, -0.15) is 5.10 Å². The first-order valence-electron chi connectivity index (χ1n) is 9.72. The van der Waals surface area contributed by atoms with Gasteiger partial charge in [0.25, 0.3) is 5.91 Å². The minimum atomic E-state index is -0.116. The smallest absolute Gasteiger partial charge is 0.265 e. The van der Waals surface area contributed by atoms with Gasteiger partial charge in [0.2, 0.25) is 0 Å². The van der Waals surface area contributed by atoms with Gasteiger partial charge in [-0.05, 0) is 66.2 Å². The quantitative estimate of drug-likeness (QED) is 0.436. The van der Waals surface area contributed by atoms with E-state index in [-0.39, 0.29) is 5.91 Å². The van der Waals surface area contributed by atoms with Crippen molar-refractivity contribution < 1.29 is 9.53 Å². The molecule has 152 valence electrons. The molecule has 0 spiro atoms. The summed E-state index contributed by atoms with van der Waals surface area (Å²) in [5.74, 6) is 0.760. The van der Waals surface area contributed by atoms with Gasteiger partial charge in [-0.1, -0.05) is 24.3 Å². The molecule has 0 fully saturated rings. The van der Waals surface area contributed by atoms with Crippen LogP contribution < -0.4 is 10.1 Å². The molecule has 2 aromatic heterocycles. The highest BCUT2D eigenvalue weighted by Crippen LogP contribution is 2.23. The zero-order valence-corrected chi connectivity index (χ0v) is 17.8. The largest absolute Gasteiger partial charge is 0.489 e. The van der Waals surface area contributed by atoms with E-state index >= 15 is 0 Å². The monoisotopic (exact) mass is 417 g/mol. The Morgan fingerprint density at radius 3 is 2.83 bits per heavy atom. The molecular weight excluding hydrogens is 394 g/mol. The molecule has 2 aromatic carbocycles. The zero-order valence-electron chi connectivity index (χ0n) is 17.0. The number of anilines is 1. The molecule has 0 aliphatic rings. The van der Waals surface area contributed by atoms with Crippen LogP contribution in [0, 0.1) is 13.8 Å². The van der Waals surface area contributed by atoms with Crippen LogP contribution in [0.4, 0.5) is 5.69 Å². The summed E-state index contributed by atoms with van der Waals surface area (Å²) >= 11 is 1.42. The number of aryl methyl sites for hydroxylation is 2. The highest BCUT2D eigenvalue weighted by Gasteiger charge is 2.11. The first kappa shape index (κ1) is 19.9. The van der Waals surface area contributed by atoms with E-state index in [2.05, 4.69) is 22.5 Å². The predicted octanol–water partition coefficient (Wildman–Crippen LogP) is 5.44. The summed E-state index contributed by atoms with van der Waals surface area (Å²) in [7, 11) is 0. The van der Waals surface area contributed by atoms with Crippen molar-refractivity contribution in [1.29, 1.82) is 0 Å². The number of hydrogen-bond donors (Lipinski definition) is 1. The van der Waals surface area contributed by atoms with E-state index in [1.807, 2.05) is 72.6 Å². The molecule has 4 aromatic rings. The molecule has 1 N–H and O–H groups in total. The highest BCUT2D eigenvalue weighted by molar-refractivity contribution is 7.12. The van der Waals surface area contributed by atoms with Crippen LogP contribution in [0.1, 0.15) is 31.9 Å². The average Bonchev–Trinajstić information content (AvgIpc) is 3.41. The molecule has 6 heteroatoms. The fourth-order valence-electron chi connectivity index (χ4n) is 3.12. The van der Waals surface area contributed by atoms with Gasteiger partial charge in [-0.3, -0.25) is 9.48 Å². The number of hydrogen-bond acceptors (Lipinski definition) is 4. The third-order valence-corrected chi connectivity index (χ3v) is 5.68. The molecule has 0 saturated heterocycles. The topological polar surface area (TPSA) is 56.1 Å². The number of carbonyl (C=O) groups excluding carboxylic acids is 1. The van der Waals surface area contributed by atoms with Crippen molar-refractivity contribution in [2.45, 2.75) is 27.0 Å². The SMILES string of the molecule is Cc1ccc(C)c(OCc2csc(C(=O)Nc3cccc(Cn4cccn4)c3)c2)c1. The normalized spacial score (nSPS) is 10.7. The zero-order chi connectivity index (χ0) is 20.9. The third kappa shape index (κ3) is 4.96. The van der Waals surface area contributed by atoms with E-state index in [0.717, 1.165) is 33.7 Å². The molecule has 0 bridgehead atoms. The summed E-state index contributed by atoms with van der Waals surface area (Å²) in [6.45, 7) is 5.17. The van der Waals surface area contributed by atoms with Crippen molar-refractivity contribution in [3.63, 3.8) is 0 Å². The summed E-state index contributed by atoms with van der Waals surface area (Å²) in [6.07, 6.45) is 3.67. The van der Waals surface area contributed by atoms with Crippen LogP contribution in [0.5, 0.6) is 5.75 Å². The number of benzene rings is 2. The second-order valence-electron chi connectivity index (χ2n) is 7.23. The molecule has 0 aliphatic heterocycles. The van der Waals surface area contributed by atoms with Crippen LogP contribution in [0.3, 0.4) is 0 Å². The third-order valence-electron chi connectivity index (χ3n) is 4.70. The Balaban J connectivity index is 1.38. The van der Waals surface area contributed by atoms with Crippen molar-refractivity contribution in [2.24, 2.45) is 0 Å². The second kappa shape index (κ2) is 8.97. The molecule has 0 aliphatic carbocycles. The summed E-state index contributed by atoms with van der Waals surface area (Å²) < 4.78 is 7.80. The lowest BCUT2D eigenvalue weighted by atomic mass is 10.1. The fraction of sp³-hybridized carbons (Fsp3) is 0.167. The lowest BCUT2D eigenvalue weighted by Gasteiger charge is -2.09. The molecule has 0 radical (unpaired) electrons. The average molecular weight is 418 g/mol. The maximum Gasteiger partial charge on any atom is 0.265 e. The van der Waals surface area contributed by atoms with Gasteiger partial charge >= 0.3 is 0 Å². The Morgan fingerprint density at radius 1 is 1.10 bits per heavy atom. The minimum absolute atomic E-state index is 0.116. The number of nitrogens with zero attached hydrogens (tertiary/aromatic N) is 2. The van der Waals surface area contributed by atoms with Crippen LogP contribution in [-0.2, 0) is 13.2 Å². The van der Waals surface area contributed by atoms with Crippen LogP contribution >= 0.6 is 11.3 Å². The first-order valence-corrected chi connectivity index (χ1v) is 10.6. The first-order chi connectivity index (χ1) is 14.6. The molecule has 1 amide bonds.